The van der Waals surface area contributed by atoms with E-state index in [1.165, 1.54) is 6.92 Å². The summed E-state index contributed by atoms with van der Waals surface area (Å²) in [5.74, 6) is 0.502. The van der Waals surface area contributed by atoms with Gasteiger partial charge in [0.15, 0.2) is 0 Å². The molecule has 8 nitrogen and oxygen atoms in total. The molecular formula is C20H29N3O5. The number of ether oxygens (including phenoxy) is 2. The topological polar surface area (TPSA) is 88.2 Å². The highest BCUT2D eigenvalue weighted by Crippen LogP contribution is 2.19. The second kappa shape index (κ2) is 10.5. The van der Waals surface area contributed by atoms with Crippen LogP contribution in [0, 0.1) is 0 Å². The van der Waals surface area contributed by atoms with Crippen molar-refractivity contribution in [1.82, 2.24) is 9.80 Å². The lowest BCUT2D eigenvalue weighted by molar-refractivity contribution is -0.132. The molecular weight excluding hydrogens is 362 g/mol. The van der Waals surface area contributed by atoms with Crippen molar-refractivity contribution in [2.75, 3.05) is 38.7 Å². The number of benzene rings is 1. The van der Waals surface area contributed by atoms with Gasteiger partial charge >= 0.3 is 6.09 Å². The van der Waals surface area contributed by atoms with Crippen LogP contribution in [-0.4, -0.2) is 67.1 Å². The van der Waals surface area contributed by atoms with Crippen molar-refractivity contribution in [3.63, 3.8) is 0 Å². The van der Waals surface area contributed by atoms with E-state index >= 15 is 0 Å². The van der Waals surface area contributed by atoms with Crippen LogP contribution in [0.3, 0.4) is 0 Å². The molecule has 0 saturated carbocycles. The molecule has 1 fully saturated rings. The Morgan fingerprint density at radius 2 is 1.82 bits per heavy atom. The average Bonchev–Trinajstić information content (AvgIpc) is 2.69. The first-order valence-corrected chi connectivity index (χ1v) is 9.57. The fourth-order valence-electron chi connectivity index (χ4n) is 3.29. The number of rotatable bonds is 7. The van der Waals surface area contributed by atoms with Crippen LogP contribution in [0.25, 0.3) is 0 Å². The van der Waals surface area contributed by atoms with E-state index in [-0.39, 0.29) is 30.4 Å². The Kier molecular flexibility index (Phi) is 8.10. The number of carbonyl (C=O) groups excluding carboxylic acids is 3. The smallest absolute Gasteiger partial charge is 0.409 e. The van der Waals surface area contributed by atoms with Crippen LogP contribution in [0.2, 0.25) is 0 Å². The molecule has 0 atom stereocenters. The monoisotopic (exact) mass is 391 g/mol. The number of likely N-dealkylation sites (tertiary alicyclic amines) is 1. The fraction of sp³-hybridized carbons (Fsp3) is 0.550. The minimum Gasteiger partial charge on any atom is -0.497 e. The van der Waals surface area contributed by atoms with Crippen molar-refractivity contribution in [3.05, 3.63) is 24.3 Å². The summed E-state index contributed by atoms with van der Waals surface area (Å²) >= 11 is 0. The Morgan fingerprint density at radius 3 is 2.36 bits per heavy atom. The number of carbonyl (C=O) groups is 3. The Bertz CT molecular complexity index is 669. The van der Waals surface area contributed by atoms with Gasteiger partial charge in [0.2, 0.25) is 11.8 Å². The quantitative estimate of drug-likeness (QED) is 0.771. The molecule has 28 heavy (non-hydrogen) atoms. The third kappa shape index (κ3) is 6.14. The molecule has 8 heteroatoms. The molecule has 1 aromatic carbocycles. The molecule has 0 aliphatic carbocycles. The molecule has 1 N–H and O–H groups in total. The highest BCUT2D eigenvalue weighted by molar-refractivity contribution is 5.91. The molecule has 1 aliphatic rings. The molecule has 0 bridgehead atoms. The van der Waals surface area contributed by atoms with Gasteiger partial charge in [-0.1, -0.05) is 0 Å². The van der Waals surface area contributed by atoms with Crippen LogP contribution in [0.4, 0.5) is 10.5 Å². The largest absolute Gasteiger partial charge is 0.497 e. The summed E-state index contributed by atoms with van der Waals surface area (Å²) in [6, 6.07) is 7.11. The molecule has 1 aromatic rings. The van der Waals surface area contributed by atoms with Gasteiger partial charge in [0.1, 0.15) is 5.75 Å². The standard InChI is InChI=1S/C20H29N3O5/c1-4-28-20(26)22-12-9-17(10-13-22)23(15(2)24)14-11-19(25)21-16-5-7-18(27-3)8-6-16/h5-8,17H,4,9-14H2,1-3H3,(H,21,25). The number of anilines is 1. The predicted molar refractivity (Wildman–Crippen MR) is 105 cm³/mol. The molecule has 1 heterocycles. The average molecular weight is 391 g/mol. The van der Waals surface area contributed by atoms with Gasteiger partial charge in [-0.05, 0) is 44.0 Å². The van der Waals surface area contributed by atoms with Gasteiger partial charge in [-0.15, -0.1) is 0 Å². The maximum Gasteiger partial charge on any atom is 0.409 e. The zero-order chi connectivity index (χ0) is 20.5. The van der Waals surface area contributed by atoms with Gasteiger partial charge in [0, 0.05) is 44.7 Å². The number of hydrogen-bond acceptors (Lipinski definition) is 5. The molecule has 0 radical (unpaired) electrons. The van der Waals surface area contributed by atoms with E-state index in [0.29, 0.717) is 44.8 Å². The maximum absolute atomic E-state index is 12.2. The Morgan fingerprint density at radius 1 is 1.18 bits per heavy atom. The predicted octanol–water partition coefficient (Wildman–Crippen LogP) is 2.49. The van der Waals surface area contributed by atoms with Gasteiger partial charge < -0.3 is 24.6 Å². The summed E-state index contributed by atoms with van der Waals surface area (Å²) in [4.78, 5) is 39.5. The summed E-state index contributed by atoms with van der Waals surface area (Å²) in [5, 5.41) is 2.82. The zero-order valence-electron chi connectivity index (χ0n) is 16.8. The van der Waals surface area contributed by atoms with Crippen molar-refractivity contribution in [2.24, 2.45) is 0 Å². The van der Waals surface area contributed by atoms with E-state index in [1.807, 2.05) is 0 Å². The van der Waals surface area contributed by atoms with Gasteiger partial charge in [0.25, 0.3) is 0 Å². The lowest BCUT2D eigenvalue weighted by Gasteiger charge is -2.37. The van der Waals surface area contributed by atoms with E-state index in [1.54, 1.807) is 48.1 Å². The Labute approximate surface area is 165 Å². The Hall–Kier alpha value is -2.77. The van der Waals surface area contributed by atoms with Crippen LogP contribution < -0.4 is 10.1 Å². The summed E-state index contributed by atoms with van der Waals surface area (Å²) in [6.07, 6.45) is 1.26. The van der Waals surface area contributed by atoms with Gasteiger partial charge in [-0.3, -0.25) is 9.59 Å². The highest BCUT2D eigenvalue weighted by atomic mass is 16.6. The van der Waals surface area contributed by atoms with Crippen LogP contribution in [0.5, 0.6) is 5.75 Å². The maximum atomic E-state index is 12.2. The highest BCUT2D eigenvalue weighted by Gasteiger charge is 2.29. The van der Waals surface area contributed by atoms with E-state index in [0.717, 1.165) is 5.75 Å². The molecule has 2 rings (SSSR count). The molecule has 3 amide bonds. The third-order valence-corrected chi connectivity index (χ3v) is 4.79. The molecule has 1 aliphatic heterocycles. The minimum absolute atomic E-state index is 0.0250. The second-order valence-corrected chi connectivity index (χ2v) is 6.66. The number of methoxy groups -OCH3 is 1. The van der Waals surface area contributed by atoms with Crippen molar-refractivity contribution in [1.29, 1.82) is 0 Å². The fourth-order valence-corrected chi connectivity index (χ4v) is 3.29. The van der Waals surface area contributed by atoms with Gasteiger partial charge in [-0.25, -0.2) is 4.79 Å². The van der Waals surface area contributed by atoms with Crippen molar-refractivity contribution >= 4 is 23.6 Å². The van der Waals surface area contributed by atoms with Gasteiger partial charge in [-0.2, -0.15) is 0 Å². The number of amides is 3. The summed E-state index contributed by atoms with van der Waals surface area (Å²) in [7, 11) is 1.58. The third-order valence-electron chi connectivity index (χ3n) is 4.79. The normalized spacial score (nSPS) is 14.3. The molecule has 1 saturated heterocycles. The van der Waals surface area contributed by atoms with E-state index < -0.39 is 0 Å². The molecule has 0 aromatic heterocycles. The molecule has 0 spiro atoms. The van der Waals surface area contributed by atoms with Crippen LogP contribution in [-0.2, 0) is 14.3 Å². The van der Waals surface area contributed by atoms with Crippen molar-refractivity contribution < 1.29 is 23.9 Å². The Balaban J connectivity index is 1.83. The van der Waals surface area contributed by atoms with Crippen LogP contribution in [0.15, 0.2) is 24.3 Å². The summed E-state index contributed by atoms with van der Waals surface area (Å²) < 4.78 is 10.1. The number of nitrogens with one attached hydrogen (secondary N) is 1. The number of hydrogen-bond donors (Lipinski definition) is 1. The van der Waals surface area contributed by atoms with E-state index in [9.17, 15) is 14.4 Å². The first kappa shape index (κ1) is 21.5. The first-order chi connectivity index (χ1) is 13.4. The zero-order valence-corrected chi connectivity index (χ0v) is 16.8. The lowest BCUT2D eigenvalue weighted by atomic mass is 10.0. The van der Waals surface area contributed by atoms with Crippen molar-refractivity contribution in [2.45, 2.75) is 39.2 Å². The second-order valence-electron chi connectivity index (χ2n) is 6.66. The molecule has 0 unspecified atom stereocenters. The van der Waals surface area contributed by atoms with Crippen LogP contribution in [0.1, 0.15) is 33.1 Å². The minimum atomic E-state index is -0.311. The molecule has 154 valence electrons. The van der Waals surface area contributed by atoms with E-state index in [4.69, 9.17) is 9.47 Å². The van der Waals surface area contributed by atoms with Gasteiger partial charge in [0.05, 0.1) is 13.7 Å². The van der Waals surface area contributed by atoms with E-state index in [2.05, 4.69) is 5.32 Å². The van der Waals surface area contributed by atoms with Crippen LogP contribution >= 0.6 is 0 Å². The number of nitrogens with zero attached hydrogens (tertiary/aromatic N) is 2. The SMILES string of the molecule is CCOC(=O)N1CCC(N(CCC(=O)Nc2ccc(OC)cc2)C(C)=O)CC1. The van der Waals surface area contributed by atoms with Crippen molar-refractivity contribution in [3.8, 4) is 5.75 Å². The first-order valence-electron chi connectivity index (χ1n) is 9.57. The lowest BCUT2D eigenvalue weighted by Crippen LogP contribution is -2.49. The summed E-state index contributed by atoms with van der Waals surface area (Å²) in [6.45, 7) is 5.08. The summed E-state index contributed by atoms with van der Waals surface area (Å²) in [5.41, 5.74) is 0.683. The number of piperidine rings is 1.